The summed E-state index contributed by atoms with van der Waals surface area (Å²) >= 11 is 1.20. The zero-order valence-electron chi connectivity index (χ0n) is 18.2. The molecular weight excluding hydrogens is 418 g/mol. The number of esters is 1. The van der Waals surface area contributed by atoms with Crippen LogP contribution in [0.15, 0.2) is 4.79 Å². The highest BCUT2D eigenvalue weighted by Crippen LogP contribution is 2.29. The van der Waals surface area contributed by atoms with Gasteiger partial charge in [0.15, 0.2) is 0 Å². The number of H-pyrrole nitrogens is 1. The Balaban J connectivity index is 1.44. The first-order valence-corrected chi connectivity index (χ1v) is 11.6. The first-order valence-electron chi connectivity index (χ1n) is 10.8. The van der Waals surface area contributed by atoms with Crippen LogP contribution in [0.4, 0.5) is 0 Å². The molecule has 1 unspecified atom stereocenters. The number of aromatic amines is 1. The molecule has 1 amide bonds. The van der Waals surface area contributed by atoms with E-state index in [1.165, 1.54) is 11.3 Å². The van der Waals surface area contributed by atoms with E-state index in [0.717, 1.165) is 39.0 Å². The number of aromatic nitrogens is 2. The SMILES string of the molecule is CCOC(=O)c1sc2nc(C(C)N3CCN(CC(=O)NC4CC4)CC3)[nH]c(=O)c2c1C. The van der Waals surface area contributed by atoms with Gasteiger partial charge in [0.25, 0.3) is 5.56 Å². The molecule has 2 N–H and O–H groups in total. The number of fused-ring (bicyclic) bond motifs is 1. The van der Waals surface area contributed by atoms with Crippen LogP contribution < -0.4 is 10.9 Å². The molecule has 0 bridgehead atoms. The molecular formula is C21H29N5O4S. The highest BCUT2D eigenvalue weighted by Gasteiger charge is 2.28. The van der Waals surface area contributed by atoms with E-state index in [1.54, 1.807) is 13.8 Å². The van der Waals surface area contributed by atoms with E-state index in [0.29, 0.717) is 39.1 Å². The lowest BCUT2D eigenvalue weighted by Gasteiger charge is -2.37. The van der Waals surface area contributed by atoms with E-state index in [1.807, 2.05) is 6.92 Å². The van der Waals surface area contributed by atoms with Gasteiger partial charge >= 0.3 is 5.97 Å². The minimum atomic E-state index is -0.418. The molecule has 4 rings (SSSR count). The van der Waals surface area contributed by atoms with Crippen LogP contribution in [0.1, 0.15) is 53.8 Å². The maximum Gasteiger partial charge on any atom is 0.348 e. The fourth-order valence-electron chi connectivity index (χ4n) is 3.94. The van der Waals surface area contributed by atoms with E-state index < -0.39 is 5.97 Å². The number of carbonyl (C=O) groups is 2. The van der Waals surface area contributed by atoms with Crippen molar-refractivity contribution in [1.29, 1.82) is 0 Å². The fraction of sp³-hybridized carbons (Fsp3) is 0.619. The van der Waals surface area contributed by atoms with Gasteiger partial charge in [-0.3, -0.25) is 19.4 Å². The predicted molar refractivity (Wildman–Crippen MR) is 119 cm³/mol. The van der Waals surface area contributed by atoms with Crippen molar-refractivity contribution in [2.75, 3.05) is 39.3 Å². The highest BCUT2D eigenvalue weighted by molar-refractivity contribution is 7.20. The minimum absolute atomic E-state index is 0.0759. The molecule has 2 fully saturated rings. The molecule has 1 saturated heterocycles. The van der Waals surface area contributed by atoms with Crippen molar-refractivity contribution in [2.45, 2.75) is 45.7 Å². The standard InChI is InChI=1S/C21H29N5O4S/c1-4-30-21(29)17-12(2)16-19(28)23-18(24-20(16)31-17)13(3)26-9-7-25(8-10-26)11-15(27)22-14-5-6-14/h13-14H,4-11H2,1-3H3,(H,22,27)(H,23,24,28). The van der Waals surface area contributed by atoms with Gasteiger partial charge in [0.1, 0.15) is 15.5 Å². The van der Waals surface area contributed by atoms with Crippen LogP contribution in [0.25, 0.3) is 10.2 Å². The third-order valence-electron chi connectivity index (χ3n) is 5.94. The van der Waals surface area contributed by atoms with Gasteiger partial charge in [0.2, 0.25) is 5.91 Å². The average molecular weight is 448 g/mol. The second-order valence-corrected chi connectivity index (χ2v) is 9.24. The van der Waals surface area contributed by atoms with Crippen molar-refractivity contribution < 1.29 is 14.3 Å². The lowest BCUT2D eigenvalue weighted by Crippen LogP contribution is -2.50. The number of rotatable bonds is 7. The van der Waals surface area contributed by atoms with Gasteiger partial charge in [-0.25, -0.2) is 9.78 Å². The molecule has 10 heteroatoms. The first kappa shape index (κ1) is 21.9. The number of ether oxygens (including phenoxy) is 1. The number of hydrogen-bond donors (Lipinski definition) is 2. The van der Waals surface area contributed by atoms with Gasteiger partial charge in [-0.15, -0.1) is 11.3 Å². The summed E-state index contributed by atoms with van der Waals surface area (Å²) in [6.45, 7) is 9.41. The van der Waals surface area contributed by atoms with E-state index in [2.05, 4.69) is 25.1 Å². The van der Waals surface area contributed by atoms with Gasteiger partial charge < -0.3 is 15.0 Å². The number of amides is 1. The van der Waals surface area contributed by atoms with Crippen molar-refractivity contribution in [3.05, 3.63) is 26.6 Å². The fourth-order valence-corrected chi connectivity index (χ4v) is 5.02. The quantitative estimate of drug-likeness (QED) is 0.618. The van der Waals surface area contributed by atoms with Crippen LogP contribution in [-0.2, 0) is 9.53 Å². The minimum Gasteiger partial charge on any atom is -0.462 e. The smallest absolute Gasteiger partial charge is 0.348 e. The molecule has 1 saturated carbocycles. The zero-order chi connectivity index (χ0) is 22.1. The second-order valence-electron chi connectivity index (χ2n) is 8.24. The van der Waals surface area contributed by atoms with Crippen molar-refractivity contribution in [1.82, 2.24) is 25.1 Å². The number of hydrogen-bond acceptors (Lipinski definition) is 8. The second kappa shape index (κ2) is 9.05. The van der Waals surface area contributed by atoms with Gasteiger partial charge in [-0.05, 0) is 39.2 Å². The van der Waals surface area contributed by atoms with Crippen LogP contribution in [0.5, 0.6) is 0 Å². The Morgan fingerprint density at radius 3 is 2.65 bits per heavy atom. The zero-order valence-corrected chi connectivity index (χ0v) is 19.0. The van der Waals surface area contributed by atoms with Crippen LogP contribution in [0.2, 0.25) is 0 Å². The third-order valence-corrected chi connectivity index (χ3v) is 7.11. The molecule has 168 valence electrons. The molecule has 2 aromatic heterocycles. The van der Waals surface area contributed by atoms with Crippen LogP contribution in [0, 0.1) is 6.92 Å². The number of piperazine rings is 1. The predicted octanol–water partition coefficient (Wildman–Crippen LogP) is 1.43. The van der Waals surface area contributed by atoms with Crippen molar-refractivity contribution >= 4 is 33.4 Å². The van der Waals surface area contributed by atoms with Crippen LogP contribution in [-0.4, -0.2) is 77.0 Å². The normalized spacial score (nSPS) is 18.8. The molecule has 2 aromatic rings. The number of carbonyl (C=O) groups excluding carboxylic acids is 2. The van der Waals surface area contributed by atoms with Gasteiger partial charge in [-0.1, -0.05) is 0 Å². The molecule has 9 nitrogen and oxygen atoms in total. The monoisotopic (exact) mass is 447 g/mol. The summed E-state index contributed by atoms with van der Waals surface area (Å²) in [5.41, 5.74) is 0.385. The number of aryl methyl sites for hydroxylation is 1. The molecule has 0 aromatic carbocycles. The lowest BCUT2D eigenvalue weighted by molar-refractivity contribution is -0.122. The number of thiophene rings is 1. The van der Waals surface area contributed by atoms with Gasteiger partial charge in [-0.2, -0.15) is 0 Å². The Morgan fingerprint density at radius 2 is 2.00 bits per heavy atom. The van der Waals surface area contributed by atoms with Gasteiger partial charge in [0.05, 0.1) is 24.6 Å². The molecule has 1 aliphatic heterocycles. The van der Waals surface area contributed by atoms with Crippen molar-refractivity contribution in [3.8, 4) is 0 Å². The Morgan fingerprint density at radius 1 is 1.29 bits per heavy atom. The molecule has 31 heavy (non-hydrogen) atoms. The third kappa shape index (κ3) is 4.81. The van der Waals surface area contributed by atoms with Gasteiger partial charge in [0, 0.05) is 32.2 Å². The maximum atomic E-state index is 12.8. The number of nitrogens with one attached hydrogen (secondary N) is 2. The molecule has 0 spiro atoms. The highest BCUT2D eigenvalue weighted by atomic mass is 32.1. The van der Waals surface area contributed by atoms with Crippen molar-refractivity contribution in [2.24, 2.45) is 0 Å². The molecule has 1 aliphatic carbocycles. The lowest BCUT2D eigenvalue weighted by atomic mass is 10.2. The summed E-state index contributed by atoms with van der Waals surface area (Å²) in [5.74, 6) is 0.277. The Kier molecular flexibility index (Phi) is 6.40. The molecule has 1 atom stereocenters. The Bertz CT molecular complexity index is 1040. The average Bonchev–Trinajstić information content (AvgIpc) is 3.48. The summed E-state index contributed by atoms with van der Waals surface area (Å²) < 4.78 is 5.10. The van der Waals surface area contributed by atoms with E-state index in [9.17, 15) is 14.4 Å². The summed E-state index contributed by atoms with van der Waals surface area (Å²) in [5, 5.41) is 3.48. The van der Waals surface area contributed by atoms with E-state index in [4.69, 9.17) is 4.74 Å². The Hall–Kier alpha value is -2.30. The van der Waals surface area contributed by atoms with E-state index >= 15 is 0 Å². The van der Waals surface area contributed by atoms with Crippen LogP contribution >= 0.6 is 11.3 Å². The van der Waals surface area contributed by atoms with Crippen molar-refractivity contribution in [3.63, 3.8) is 0 Å². The maximum absolute atomic E-state index is 12.8. The first-order chi connectivity index (χ1) is 14.9. The summed E-state index contributed by atoms with van der Waals surface area (Å²) in [6, 6.07) is 0.310. The molecule has 3 heterocycles. The summed E-state index contributed by atoms with van der Waals surface area (Å²) in [6.07, 6.45) is 2.19. The number of nitrogens with zero attached hydrogens (tertiary/aromatic N) is 3. The largest absolute Gasteiger partial charge is 0.462 e. The summed E-state index contributed by atoms with van der Waals surface area (Å²) in [4.78, 5) is 50.0. The topological polar surface area (TPSA) is 108 Å². The Labute approximate surface area is 184 Å². The molecule has 2 aliphatic rings. The summed E-state index contributed by atoms with van der Waals surface area (Å²) in [7, 11) is 0. The van der Waals surface area contributed by atoms with E-state index in [-0.39, 0.29) is 24.1 Å². The molecule has 0 radical (unpaired) electrons. The van der Waals surface area contributed by atoms with Crippen LogP contribution in [0.3, 0.4) is 0 Å².